The summed E-state index contributed by atoms with van der Waals surface area (Å²) in [5.74, 6) is -0.118. The summed E-state index contributed by atoms with van der Waals surface area (Å²) in [6.07, 6.45) is 0. The predicted octanol–water partition coefficient (Wildman–Crippen LogP) is 1.35. The zero-order valence-electron chi connectivity index (χ0n) is 10.8. The van der Waals surface area contributed by atoms with Crippen LogP contribution in [0.2, 0.25) is 0 Å². The number of carbonyl (C=O) groups excluding carboxylic acids is 1. The Balaban J connectivity index is 1.97. The Labute approximate surface area is 114 Å². The minimum Gasteiger partial charge on any atom is -0.350 e. The lowest BCUT2D eigenvalue weighted by Gasteiger charge is -2.10. The maximum Gasteiger partial charge on any atom is 0.348 e. The van der Waals surface area contributed by atoms with Crippen LogP contribution in [0, 0.1) is 13.8 Å². The van der Waals surface area contributed by atoms with E-state index >= 15 is 0 Å². The van der Waals surface area contributed by atoms with Crippen LogP contribution in [-0.2, 0) is 6.54 Å². The van der Waals surface area contributed by atoms with Crippen LogP contribution in [0.4, 0.5) is 0 Å². The molecular formula is C13H15N3O2S. The Bertz CT molecular complexity index is 632. The van der Waals surface area contributed by atoms with E-state index in [1.807, 2.05) is 18.4 Å². The van der Waals surface area contributed by atoms with Crippen molar-refractivity contribution < 1.29 is 4.79 Å². The van der Waals surface area contributed by atoms with E-state index in [1.165, 1.54) is 11.3 Å². The van der Waals surface area contributed by atoms with Crippen LogP contribution >= 0.6 is 11.3 Å². The SMILES string of the molecule is Cc1cc(C)n(CCNC(=O)c2ccsc2)c(=O)n1. The van der Waals surface area contributed by atoms with Crippen molar-refractivity contribution in [1.29, 1.82) is 0 Å². The molecule has 1 N–H and O–H groups in total. The van der Waals surface area contributed by atoms with Crippen LogP contribution in [0.5, 0.6) is 0 Å². The van der Waals surface area contributed by atoms with Gasteiger partial charge < -0.3 is 5.32 Å². The van der Waals surface area contributed by atoms with Crippen LogP contribution in [0.1, 0.15) is 21.7 Å². The molecule has 0 aromatic carbocycles. The van der Waals surface area contributed by atoms with Crippen LogP contribution in [0.15, 0.2) is 27.7 Å². The van der Waals surface area contributed by atoms with Gasteiger partial charge in [-0.25, -0.2) is 4.79 Å². The maximum atomic E-state index is 11.7. The second-order valence-corrected chi connectivity index (χ2v) is 5.02. The first-order chi connectivity index (χ1) is 9.08. The van der Waals surface area contributed by atoms with Crippen LogP contribution in [0.25, 0.3) is 0 Å². The zero-order valence-corrected chi connectivity index (χ0v) is 11.7. The monoisotopic (exact) mass is 277 g/mol. The first-order valence-electron chi connectivity index (χ1n) is 5.93. The van der Waals surface area contributed by atoms with Crippen molar-refractivity contribution in [2.45, 2.75) is 20.4 Å². The molecule has 0 unspecified atom stereocenters. The smallest absolute Gasteiger partial charge is 0.348 e. The Morgan fingerprint density at radius 3 is 2.89 bits per heavy atom. The first-order valence-corrected chi connectivity index (χ1v) is 6.87. The molecule has 0 aliphatic rings. The third-order valence-electron chi connectivity index (χ3n) is 2.75. The summed E-state index contributed by atoms with van der Waals surface area (Å²) >= 11 is 1.48. The summed E-state index contributed by atoms with van der Waals surface area (Å²) in [5, 5.41) is 6.43. The van der Waals surface area contributed by atoms with Gasteiger partial charge in [-0.2, -0.15) is 16.3 Å². The molecule has 2 rings (SSSR count). The molecule has 100 valence electrons. The molecule has 5 nitrogen and oxygen atoms in total. The molecule has 0 atom stereocenters. The van der Waals surface area contributed by atoms with Gasteiger partial charge in [-0.05, 0) is 31.4 Å². The molecule has 1 amide bonds. The van der Waals surface area contributed by atoms with E-state index in [9.17, 15) is 9.59 Å². The highest BCUT2D eigenvalue weighted by atomic mass is 32.1. The fourth-order valence-corrected chi connectivity index (χ4v) is 2.46. The molecule has 0 spiro atoms. The fraction of sp³-hybridized carbons (Fsp3) is 0.308. The minimum absolute atomic E-state index is 0.118. The Kier molecular flexibility index (Phi) is 4.11. The molecule has 2 aromatic rings. The standard InChI is InChI=1S/C13H15N3O2S/c1-9-7-10(2)16(13(18)15-9)5-4-14-12(17)11-3-6-19-8-11/h3,6-8H,4-5H2,1-2H3,(H,14,17). The van der Waals surface area contributed by atoms with Gasteiger partial charge in [0, 0.05) is 35.4 Å². The number of thiophene rings is 1. The highest BCUT2D eigenvalue weighted by Gasteiger charge is 2.06. The van der Waals surface area contributed by atoms with E-state index in [2.05, 4.69) is 10.3 Å². The molecule has 0 aliphatic heterocycles. The lowest BCUT2D eigenvalue weighted by Crippen LogP contribution is -2.32. The maximum absolute atomic E-state index is 11.7. The average molecular weight is 277 g/mol. The summed E-state index contributed by atoms with van der Waals surface area (Å²) < 4.78 is 1.56. The van der Waals surface area contributed by atoms with Crippen molar-refractivity contribution in [3.05, 3.63) is 50.3 Å². The van der Waals surface area contributed by atoms with Gasteiger partial charge in [-0.15, -0.1) is 0 Å². The molecular weight excluding hydrogens is 262 g/mol. The Morgan fingerprint density at radius 2 is 2.26 bits per heavy atom. The van der Waals surface area contributed by atoms with Crippen molar-refractivity contribution >= 4 is 17.2 Å². The van der Waals surface area contributed by atoms with Gasteiger partial charge in [0.05, 0.1) is 0 Å². The first kappa shape index (κ1) is 13.5. The zero-order chi connectivity index (χ0) is 13.8. The van der Waals surface area contributed by atoms with E-state index in [4.69, 9.17) is 0 Å². The van der Waals surface area contributed by atoms with Gasteiger partial charge in [-0.1, -0.05) is 0 Å². The minimum atomic E-state index is -0.276. The van der Waals surface area contributed by atoms with Gasteiger partial charge in [0.2, 0.25) is 0 Å². The summed E-state index contributed by atoms with van der Waals surface area (Å²) in [7, 11) is 0. The third-order valence-corrected chi connectivity index (χ3v) is 3.43. The van der Waals surface area contributed by atoms with Crippen molar-refractivity contribution in [2.24, 2.45) is 0 Å². The topological polar surface area (TPSA) is 64.0 Å². The summed E-state index contributed by atoms with van der Waals surface area (Å²) in [6.45, 7) is 4.47. The highest BCUT2D eigenvalue weighted by Crippen LogP contribution is 2.05. The predicted molar refractivity (Wildman–Crippen MR) is 74.6 cm³/mol. The molecule has 0 fully saturated rings. The van der Waals surface area contributed by atoms with Gasteiger partial charge in [0.1, 0.15) is 0 Å². The van der Waals surface area contributed by atoms with E-state index in [-0.39, 0.29) is 11.6 Å². The number of carbonyl (C=O) groups is 1. The number of hydrogen-bond acceptors (Lipinski definition) is 4. The molecule has 0 aliphatic carbocycles. The second kappa shape index (κ2) is 5.79. The van der Waals surface area contributed by atoms with E-state index in [0.717, 1.165) is 5.69 Å². The highest BCUT2D eigenvalue weighted by molar-refractivity contribution is 7.08. The van der Waals surface area contributed by atoms with Crippen LogP contribution in [-0.4, -0.2) is 22.0 Å². The average Bonchev–Trinajstić information content (AvgIpc) is 2.85. The van der Waals surface area contributed by atoms with E-state index < -0.39 is 0 Å². The number of rotatable bonds is 4. The number of aromatic nitrogens is 2. The fourth-order valence-electron chi connectivity index (χ4n) is 1.82. The molecule has 2 aromatic heterocycles. The van der Waals surface area contributed by atoms with Gasteiger partial charge in [0.15, 0.2) is 0 Å². The summed E-state index contributed by atoms with van der Waals surface area (Å²) in [6, 6.07) is 3.62. The number of hydrogen-bond donors (Lipinski definition) is 1. The van der Waals surface area contributed by atoms with E-state index in [1.54, 1.807) is 22.9 Å². The normalized spacial score (nSPS) is 10.4. The molecule has 0 radical (unpaired) electrons. The van der Waals surface area contributed by atoms with E-state index in [0.29, 0.717) is 24.3 Å². The number of nitrogens with zero attached hydrogens (tertiary/aromatic N) is 2. The quantitative estimate of drug-likeness (QED) is 0.917. The third kappa shape index (κ3) is 3.29. The van der Waals surface area contributed by atoms with Crippen LogP contribution < -0.4 is 11.0 Å². The van der Waals surface area contributed by atoms with Gasteiger partial charge in [0.25, 0.3) is 5.91 Å². The lowest BCUT2D eigenvalue weighted by molar-refractivity contribution is 0.0952. The van der Waals surface area contributed by atoms with Gasteiger partial charge in [-0.3, -0.25) is 9.36 Å². The Morgan fingerprint density at radius 1 is 1.47 bits per heavy atom. The van der Waals surface area contributed by atoms with Crippen molar-refractivity contribution in [3.8, 4) is 0 Å². The number of nitrogens with one attached hydrogen (secondary N) is 1. The molecule has 2 heterocycles. The Hall–Kier alpha value is -1.95. The largest absolute Gasteiger partial charge is 0.350 e. The second-order valence-electron chi connectivity index (χ2n) is 4.24. The van der Waals surface area contributed by atoms with Crippen molar-refractivity contribution in [2.75, 3.05) is 6.54 Å². The molecule has 0 saturated heterocycles. The van der Waals surface area contributed by atoms with Crippen molar-refractivity contribution in [1.82, 2.24) is 14.9 Å². The summed E-state index contributed by atoms with van der Waals surface area (Å²) in [5.41, 5.74) is 1.93. The van der Waals surface area contributed by atoms with Crippen LogP contribution in [0.3, 0.4) is 0 Å². The number of amides is 1. The molecule has 6 heteroatoms. The number of aryl methyl sites for hydroxylation is 2. The molecule has 0 bridgehead atoms. The summed E-state index contributed by atoms with van der Waals surface area (Å²) in [4.78, 5) is 27.3. The lowest BCUT2D eigenvalue weighted by atomic mass is 10.3. The van der Waals surface area contributed by atoms with Gasteiger partial charge >= 0.3 is 5.69 Å². The molecule has 0 saturated carbocycles. The van der Waals surface area contributed by atoms with Crippen molar-refractivity contribution in [3.63, 3.8) is 0 Å². The molecule has 19 heavy (non-hydrogen) atoms.